The van der Waals surface area contributed by atoms with Crippen LogP contribution in [0.15, 0.2) is 47.0 Å². The molecule has 0 saturated heterocycles. The summed E-state index contributed by atoms with van der Waals surface area (Å²) in [7, 11) is 1.52. The van der Waals surface area contributed by atoms with Crippen LogP contribution in [-0.2, 0) is 6.42 Å². The van der Waals surface area contributed by atoms with Crippen LogP contribution in [0.25, 0.3) is 11.0 Å². The third-order valence-corrected chi connectivity index (χ3v) is 4.54. The van der Waals surface area contributed by atoms with Crippen LogP contribution in [-0.4, -0.2) is 23.1 Å². The molecule has 6 nitrogen and oxygen atoms in total. The summed E-state index contributed by atoms with van der Waals surface area (Å²) >= 11 is 5.24. The number of fused-ring (bicyclic) bond motifs is 1. The number of amides is 1. The van der Waals surface area contributed by atoms with Crippen LogP contribution < -0.4 is 15.4 Å². The van der Waals surface area contributed by atoms with Crippen LogP contribution in [0.3, 0.4) is 0 Å². The molecule has 0 aliphatic carbocycles. The fraction of sp³-hybridized carbons (Fsp3) is 0.286. The summed E-state index contributed by atoms with van der Waals surface area (Å²) in [5.74, 6) is 0.101. The lowest BCUT2D eigenvalue weighted by Crippen LogP contribution is -2.33. The Morgan fingerprint density at radius 1 is 1.21 bits per heavy atom. The molecule has 2 N–H and O–H groups in total. The number of methoxy groups -OCH3 is 1. The van der Waals surface area contributed by atoms with Gasteiger partial charge >= 0.3 is 0 Å². The summed E-state index contributed by atoms with van der Waals surface area (Å²) in [6, 6.07) is 11.3. The minimum Gasteiger partial charge on any atom is -0.480 e. The summed E-state index contributed by atoms with van der Waals surface area (Å²) in [5.41, 5.74) is 2.63. The minimum atomic E-state index is -0.438. The van der Waals surface area contributed by atoms with Gasteiger partial charge in [0.05, 0.1) is 12.5 Å². The predicted molar refractivity (Wildman–Crippen MR) is 114 cm³/mol. The van der Waals surface area contributed by atoms with Gasteiger partial charge in [-0.15, -0.1) is 0 Å². The van der Waals surface area contributed by atoms with Crippen molar-refractivity contribution in [2.24, 2.45) is 0 Å². The Bertz CT molecular complexity index is 967. The van der Waals surface area contributed by atoms with E-state index in [0.717, 1.165) is 12.1 Å². The number of thiocarbonyl (C=S) groups is 1. The van der Waals surface area contributed by atoms with Crippen LogP contribution in [0.1, 0.15) is 42.3 Å². The monoisotopic (exact) mass is 397 g/mol. The molecule has 0 aliphatic rings. The molecular weight excluding hydrogens is 374 g/mol. The second-order valence-corrected chi connectivity index (χ2v) is 6.81. The Kier molecular flexibility index (Phi) is 6.60. The highest BCUT2D eigenvalue weighted by molar-refractivity contribution is 7.80. The number of nitrogens with one attached hydrogen (secondary N) is 2. The van der Waals surface area contributed by atoms with E-state index in [-0.39, 0.29) is 10.9 Å². The third kappa shape index (κ3) is 4.86. The molecule has 1 aromatic carbocycles. The van der Waals surface area contributed by atoms with Crippen molar-refractivity contribution in [3.63, 3.8) is 0 Å². The lowest BCUT2D eigenvalue weighted by molar-refractivity contribution is 0.0953. The number of aromatic nitrogens is 1. The van der Waals surface area contributed by atoms with E-state index in [1.807, 2.05) is 12.1 Å². The molecule has 0 unspecified atom stereocenters. The average Bonchev–Trinajstić information content (AvgIpc) is 3.14. The Balaban J connectivity index is 1.59. The average molecular weight is 398 g/mol. The van der Waals surface area contributed by atoms with Gasteiger partial charge in [-0.25, -0.2) is 4.98 Å². The molecule has 3 aromatic rings. The standard InChI is InChI=1S/C21H23N3O3S/c1-3-4-5-6-14-7-9-15(10-8-14)23-21(28)24-19(25)18-13-16-17(27-18)11-12-22-20(16)26-2/h7-13H,3-6H2,1-2H3,(H2,23,24,25,28). The van der Waals surface area contributed by atoms with Gasteiger partial charge in [0.25, 0.3) is 5.91 Å². The molecule has 146 valence electrons. The topological polar surface area (TPSA) is 76.4 Å². The predicted octanol–water partition coefficient (Wildman–Crippen LogP) is 4.70. The van der Waals surface area contributed by atoms with E-state index in [1.54, 1.807) is 18.3 Å². The molecule has 0 radical (unpaired) electrons. The van der Waals surface area contributed by atoms with Crippen LogP contribution >= 0.6 is 12.2 Å². The van der Waals surface area contributed by atoms with E-state index in [4.69, 9.17) is 21.4 Å². The van der Waals surface area contributed by atoms with Gasteiger partial charge in [0.15, 0.2) is 10.9 Å². The molecule has 2 aromatic heterocycles. The Morgan fingerprint density at radius 2 is 2.00 bits per heavy atom. The Labute approximate surface area is 169 Å². The zero-order chi connectivity index (χ0) is 19.9. The van der Waals surface area contributed by atoms with Crippen LogP contribution in [0.4, 0.5) is 5.69 Å². The van der Waals surface area contributed by atoms with Gasteiger partial charge < -0.3 is 14.5 Å². The molecule has 28 heavy (non-hydrogen) atoms. The molecule has 0 spiro atoms. The normalized spacial score (nSPS) is 10.6. The molecule has 0 saturated carbocycles. The molecule has 0 fully saturated rings. The third-order valence-electron chi connectivity index (χ3n) is 4.33. The lowest BCUT2D eigenvalue weighted by atomic mass is 10.1. The zero-order valence-electron chi connectivity index (χ0n) is 16.0. The number of carbonyl (C=O) groups excluding carboxylic acids is 1. The highest BCUT2D eigenvalue weighted by atomic mass is 32.1. The first-order chi connectivity index (χ1) is 13.6. The largest absolute Gasteiger partial charge is 0.480 e. The quantitative estimate of drug-likeness (QED) is 0.445. The van der Waals surface area contributed by atoms with Crippen molar-refractivity contribution >= 4 is 39.9 Å². The number of aryl methyl sites for hydroxylation is 1. The van der Waals surface area contributed by atoms with E-state index in [0.29, 0.717) is 16.8 Å². The number of hydrogen-bond donors (Lipinski definition) is 2. The second-order valence-electron chi connectivity index (χ2n) is 6.40. The first kappa shape index (κ1) is 19.8. The molecule has 1 amide bonds. The molecule has 0 aliphatic heterocycles. The van der Waals surface area contributed by atoms with Crippen LogP contribution in [0.2, 0.25) is 0 Å². The number of anilines is 1. The summed E-state index contributed by atoms with van der Waals surface area (Å²) in [4.78, 5) is 16.5. The van der Waals surface area contributed by atoms with E-state index in [2.05, 4.69) is 34.7 Å². The molecule has 3 rings (SSSR count). The van der Waals surface area contributed by atoms with Crippen LogP contribution in [0, 0.1) is 0 Å². The Hall–Kier alpha value is -2.93. The maximum absolute atomic E-state index is 12.4. The molecular formula is C21H23N3O3S. The zero-order valence-corrected chi connectivity index (χ0v) is 16.8. The number of pyridine rings is 1. The molecule has 0 atom stereocenters. The maximum Gasteiger partial charge on any atom is 0.293 e. The van der Waals surface area contributed by atoms with Gasteiger partial charge in [-0.2, -0.15) is 0 Å². The summed E-state index contributed by atoms with van der Waals surface area (Å²) < 4.78 is 10.7. The van der Waals surface area contributed by atoms with E-state index < -0.39 is 5.91 Å². The highest BCUT2D eigenvalue weighted by Gasteiger charge is 2.16. The van der Waals surface area contributed by atoms with Gasteiger partial charge in [-0.1, -0.05) is 31.9 Å². The number of nitrogens with zero attached hydrogens (tertiary/aromatic N) is 1. The first-order valence-electron chi connectivity index (χ1n) is 9.24. The van der Waals surface area contributed by atoms with Crippen molar-refractivity contribution in [1.82, 2.24) is 10.3 Å². The van der Waals surface area contributed by atoms with Crippen molar-refractivity contribution in [3.8, 4) is 5.88 Å². The number of ether oxygens (including phenoxy) is 1. The van der Waals surface area contributed by atoms with Crippen molar-refractivity contribution in [2.45, 2.75) is 32.6 Å². The molecule has 7 heteroatoms. The molecule has 0 bridgehead atoms. The second kappa shape index (κ2) is 9.32. The van der Waals surface area contributed by atoms with Crippen molar-refractivity contribution in [3.05, 3.63) is 53.9 Å². The van der Waals surface area contributed by atoms with E-state index in [1.165, 1.54) is 31.9 Å². The van der Waals surface area contributed by atoms with Crippen LogP contribution in [0.5, 0.6) is 5.88 Å². The van der Waals surface area contributed by atoms with Crippen molar-refractivity contribution in [1.29, 1.82) is 0 Å². The summed E-state index contributed by atoms with van der Waals surface area (Å²) in [6.45, 7) is 2.20. The van der Waals surface area contributed by atoms with Gasteiger partial charge in [-0.05, 0) is 42.8 Å². The van der Waals surface area contributed by atoms with Gasteiger partial charge in [0, 0.05) is 24.0 Å². The van der Waals surface area contributed by atoms with E-state index >= 15 is 0 Å². The lowest BCUT2D eigenvalue weighted by Gasteiger charge is -2.09. The number of unbranched alkanes of at least 4 members (excludes halogenated alkanes) is 2. The van der Waals surface area contributed by atoms with Gasteiger partial charge in [-0.3, -0.25) is 10.1 Å². The smallest absolute Gasteiger partial charge is 0.293 e. The molecule has 2 heterocycles. The first-order valence-corrected chi connectivity index (χ1v) is 9.65. The highest BCUT2D eigenvalue weighted by Crippen LogP contribution is 2.26. The number of rotatable bonds is 7. The Morgan fingerprint density at radius 3 is 2.71 bits per heavy atom. The van der Waals surface area contributed by atoms with Crippen molar-refractivity contribution < 1.29 is 13.9 Å². The summed E-state index contributed by atoms with van der Waals surface area (Å²) in [5, 5.41) is 6.48. The fourth-order valence-electron chi connectivity index (χ4n) is 2.87. The van der Waals surface area contributed by atoms with E-state index in [9.17, 15) is 4.79 Å². The number of hydrogen-bond acceptors (Lipinski definition) is 5. The minimum absolute atomic E-state index is 0.136. The summed E-state index contributed by atoms with van der Waals surface area (Å²) in [6.07, 6.45) is 6.27. The number of carbonyl (C=O) groups is 1. The maximum atomic E-state index is 12.4. The van der Waals surface area contributed by atoms with Crippen molar-refractivity contribution in [2.75, 3.05) is 12.4 Å². The fourth-order valence-corrected chi connectivity index (χ4v) is 3.08. The number of benzene rings is 1. The number of furan rings is 1. The van der Waals surface area contributed by atoms with Gasteiger partial charge in [0.2, 0.25) is 5.88 Å². The SMILES string of the molecule is CCCCCc1ccc(NC(=S)NC(=O)c2cc3c(OC)nccc3o2)cc1. The van der Waals surface area contributed by atoms with Gasteiger partial charge in [0.1, 0.15) is 5.58 Å².